The number of aryl methyl sites for hydroxylation is 1. The van der Waals surface area contributed by atoms with Crippen LogP contribution >= 0.6 is 0 Å². The number of likely N-dealkylation sites (tertiary alicyclic amines) is 1. The number of aromatic amines is 1. The largest absolute Gasteiger partial charge is 0.351 e. The van der Waals surface area contributed by atoms with Gasteiger partial charge >= 0.3 is 0 Å². The quantitative estimate of drug-likeness (QED) is 0.941. The first kappa shape index (κ1) is 13.9. The SMILES string of the molecule is Cc1cn[nH]c1[C@H]1CCN(C(=O)c2cc(C(C)C)no2)C1. The maximum atomic E-state index is 12.4. The third-order valence-corrected chi connectivity index (χ3v) is 4.08. The van der Waals surface area contributed by atoms with Crippen molar-refractivity contribution >= 4 is 5.91 Å². The molecule has 6 heteroatoms. The van der Waals surface area contributed by atoms with Crippen molar-refractivity contribution < 1.29 is 9.32 Å². The second-order valence-electron chi connectivity index (χ2n) is 5.97. The van der Waals surface area contributed by atoms with Gasteiger partial charge in [0.15, 0.2) is 0 Å². The van der Waals surface area contributed by atoms with E-state index in [0.717, 1.165) is 29.9 Å². The summed E-state index contributed by atoms with van der Waals surface area (Å²) in [5.74, 6) is 0.841. The molecule has 1 saturated heterocycles. The van der Waals surface area contributed by atoms with E-state index >= 15 is 0 Å². The number of H-pyrrole nitrogens is 1. The molecule has 1 amide bonds. The highest BCUT2D eigenvalue weighted by atomic mass is 16.5. The second kappa shape index (κ2) is 5.35. The van der Waals surface area contributed by atoms with Crippen LogP contribution in [0.1, 0.15) is 59.6 Å². The molecule has 112 valence electrons. The molecule has 0 bridgehead atoms. The summed E-state index contributed by atoms with van der Waals surface area (Å²) in [5.41, 5.74) is 3.10. The standard InChI is InChI=1S/C15H20N4O2/c1-9(2)12-6-13(21-18-12)15(20)19-5-4-11(8-19)14-10(3)7-16-17-14/h6-7,9,11H,4-5,8H2,1-3H3,(H,16,17)/t11-/m0/s1. The minimum atomic E-state index is -0.0749. The summed E-state index contributed by atoms with van der Waals surface area (Å²) in [6.07, 6.45) is 2.77. The first-order valence-corrected chi connectivity index (χ1v) is 7.32. The molecule has 0 radical (unpaired) electrons. The van der Waals surface area contributed by atoms with E-state index in [1.165, 1.54) is 0 Å². The van der Waals surface area contributed by atoms with Crippen molar-refractivity contribution in [3.05, 3.63) is 35.0 Å². The summed E-state index contributed by atoms with van der Waals surface area (Å²) in [7, 11) is 0. The predicted molar refractivity (Wildman–Crippen MR) is 77.2 cm³/mol. The van der Waals surface area contributed by atoms with Gasteiger partial charge in [-0.25, -0.2) is 0 Å². The minimum Gasteiger partial charge on any atom is -0.351 e. The number of hydrogen-bond acceptors (Lipinski definition) is 4. The van der Waals surface area contributed by atoms with Gasteiger partial charge in [0.05, 0.1) is 11.9 Å². The summed E-state index contributed by atoms with van der Waals surface area (Å²) >= 11 is 0. The van der Waals surface area contributed by atoms with Gasteiger partial charge in [-0.1, -0.05) is 19.0 Å². The topological polar surface area (TPSA) is 75.0 Å². The van der Waals surface area contributed by atoms with Gasteiger partial charge in [-0.3, -0.25) is 9.89 Å². The van der Waals surface area contributed by atoms with E-state index < -0.39 is 0 Å². The van der Waals surface area contributed by atoms with Crippen molar-refractivity contribution in [2.45, 2.75) is 39.0 Å². The van der Waals surface area contributed by atoms with Gasteiger partial charge in [-0.15, -0.1) is 0 Å². The number of carbonyl (C=O) groups excluding carboxylic acids is 1. The fourth-order valence-electron chi connectivity index (χ4n) is 2.77. The number of rotatable bonds is 3. The van der Waals surface area contributed by atoms with Gasteiger partial charge < -0.3 is 9.42 Å². The zero-order valence-corrected chi connectivity index (χ0v) is 12.6. The predicted octanol–water partition coefficient (Wildman–Crippen LogP) is 2.46. The zero-order chi connectivity index (χ0) is 15.0. The smallest absolute Gasteiger partial charge is 0.292 e. The number of nitrogens with zero attached hydrogens (tertiary/aromatic N) is 3. The summed E-state index contributed by atoms with van der Waals surface area (Å²) in [6, 6.07) is 1.75. The molecule has 0 unspecified atom stereocenters. The molecule has 3 rings (SSSR count). The Morgan fingerprint density at radius 3 is 2.95 bits per heavy atom. The van der Waals surface area contributed by atoms with Gasteiger partial charge in [0.1, 0.15) is 0 Å². The van der Waals surface area contributed by atoms with Crippen LogP contribution in [0.4, 0.5) is 0 Å². The van der Waals surface area contributed by atoms with Crippen LogP contribution in [0.25, 0.3) is 0 Å². The molecule has 1 aliphatic heterocycles. The van der Waals surface area contributed by atoms with Crippen LogP contribution in [0.3, 0.4) is 0 Å². The highest BCUT2D eigenvalue weighted by Gasteiger charge is 2.31. The fourth-order valence-corrected chi connectivity index (χ4v) is 2.77. The average Bonchev–Trinajstić information content (AvgIpc) is 3.17. The Kier molecular flexibility index (Phi) is 3.53. The van der Waals surface area contributed by atoms with Gasteiger partial charge in [0.2, 0.25) is 5.76 Å². The normalized spacial score (nSPS) is 18.7. The number of nitrogens with one attached hydrogen (secondary N) is 1. The molecule has 21 heavy (non-hydrogen) atoms. The van der Waals surface area contributed by atoms with Gasteiger partial charge in [-0.05, 0) is 24.8 Å². The van der Waals surface area contributed by atoms with Crippen LogP contribution in [-0.4, -0.2) is 39.3 Å². The van der Waals surface area contributed by atoms with E-state index in [-0.39, 0.29) is 11.8 Å². The molecule has 0 spiro atoms. The van der Waals surface area contributed by atoms with E-state index in [9.17, 15) is 4.79 Å². The summed E-state index contributed by atoms with van der Waals surface area (Å²) < 4.78 is 5.19. The Bertz CT molecular complexity index is 644. The van der Waals surface area contributed by atoms with E-state index in [1.807, 2.05) is 31.9 Å². The van der Waals surface area contributed by atoms with Crippen LogP contribution in [-0.2, 0) is 0 Å². The lowest BCUT2D eigenvalue weighted by Gasteiger charge is -2.14. The molecule has 0 saturated carbocycles. The highest BCUT2D eigenvalue weighted by Crippen LogP contribution is 2.29. The molecule has 0 aliphatic carbocycles. The maximum Gasteiger partial charge on any atom is 0.292 e. The molecule has 3 heterocycles. The van der Waals surface area contributed by atoms with Crippen molar-refractivity contribution in [1.82, 2.24) is 20.3 Å². The van der Waals surface area contributed by atoms with Crippen LogP contribution < -0.4 is 0 Å². The van der Waals surface area contributed by atoms with E-state index in [1.54, 1.807) is 6.07 Å². The lowest BCUT2D eigenvalue weighted by Crippen LogP contribution is -2.28. The van der Waals surface area contributed by atoms with Gasteiger partial charge in [-0.2, -0.15) is 5.10 Å². The molecule has 0 aromatic carbocycles. The molecule has 1 fully saturated rings. The first-order chi connectivity index (χ1) is 10.1. The van der Waals surface area contributed by atoms with Crippen molar-refractivity contribution in [3.63, 3.8) is 0 Å². The van der Waals surface area contributed by atoms with Crippen molar-refractivity contribution in [2.24, 2.45) is 0 Å². The van der Waals surface area contributed by atoms with Crippen LogP contribution in [0.2, 0.25) is 0 Å². The van der Waals surface area contributed by atoms with Crippen molar-refractivity contribution in [1.29, 1.82) is 0 Å². The third-order valence-electron chi connectivity index (χ3n) is 4.08. The van der Waals surface area contributed by atoms with E-state index in [4.69, 9.17) is 4.52 Å². The Labute approximate surface area is 123 Å². The second-order valence-corrected chi connectivity index (χ2v) is 5.97. The van der Waals surface area contributed by atoms with Crippen LogP contribution in [0.5, 0.6) is 0 Å². The number of amides is 1. The molecule has 1 aliphatic rings. The Morgan fingerprint density at radius 1 is 1.52 bits per heavy atom. The summed E-state index contributed by atoms with van der Waals surface area (Å²) in [5, 5.41) is 11.1. The Balaban J connectivity index is 1.70. The van der Waals surface area contributed by atoms with Crippen LogP contribution in [0, 0.1) is 6.92 Å². The van der Waals surface area contributed by atoms with Gasteiger partial charge in [0, 0.05) is 30.8 Å². The summed E-state index contributed by atoms with van der Waals surface area (Å²) in [4.78, 5) is 14.3. The molecule has 2 aromatic heterocycles. The molecule has 2 aromatic rings. The minimum absolute atomic E-state index is 0.0749. The Morgan fingerprint density at radius 2 is 2.33 bits per heavy atom. The monoisotopic (exact) mass is 288 g/mol. The molecule has 6 nitrogen and oxygen atoms in total. The molecule has 1 N–H and O–H groups in total. The number of hydrogen-bond donors (Lipinski definition) is 1. The third kappa shape index (κ3) is 2.57. The van der Waals surface area contributed by atoms with Crippen LogP contribution in [0.15, 0.2) is 16.8 Å². The van der Waals surface area contributed by atoms with Crippen molar-refractivity contribution in [2.75, 3.05) is 13.1 Å². The maximum absolute atomic E-state index is 12.4. The van der Waals surface area contributed by atoms with E-state index in [0.29, 0.717) is 18.2 Å². The molecular formula is C15H20N4O2. The molecular weight excluding hydrogens is 268 g/mol. The van der Waals surface area contributed by atoms with Crippen molar-refractivity contribution in [3.8, 4) is 0 Å². The zero-order valence-electron chi connectivity index (χ0n) is 12.6. The number of aromatic nitrogens is 3. The fraction of sp³-hybridized carbons (Fsp3) is 0.533. The van der Waals surface area contributed by atoms with Gasteiger partial charge in [0.25, 0.3) is 5.91 Å². The Hall–Kier alpha value is -2.11. The summed E-state index contributed by atoms with van der Waals surface area (Å²) in [6.45, 7) is 7.52. The lowest BCUT2D eigenvalue weighted by molar-refractivity contribution is 0.0749. The first-order valence-electron chi connectivity index (χ1n) is 7.32. The number of carbonyl (C=O) groups is 1. The highest BCUT2D eigenvalue weighted by molar-refractivity contribution is 5.91. The average molecular weight is 288 g/mol. The van der Waals surface area contributed by atoms with E-state index in [2.05, 4.69) is 15.4 Å². The lowest BCUT2D eigenvalue weighted by atomic mass is 10.0. The molecule has 1 atom stereocenters.